The smallest absolute Gasteiger partial charge is 0.231 e. The van der Waals surface area contributed by atoms with Crippen molar-refractivity contribution >= 4 is 85.4 Å². The molecule has 0 aliphatic heterocycles. The number of ketones is 1. The maximum Gasteiger partial charge on any atom is 0.231 e. The Morgan fingerprint density at radius 2 is 1.74 bits per heavy atom. The van der Waals surface area contributed by atoms with E-state index >= 15 is 0 Å². The van der Waals surface area contributed by atoms with Crippen molar-refractivity contribution in [1.82, 2.24) is 0 Å². The fourth-order valence-electron chi connectivity index (χ4n) is 3.83. The second-order valence-corrected chi connectivity index (χ2v) is 11.1. The molecule has 1 fully saturated rings. The molecule has 2 atom stereocenters. The molecule has 35 heavy (non-hydrogen) atoms. The SMILES string of the molecule is Nc1c(F)ccc(CC(=O)c2cc(NC(=O)C3C(c4ccc(Br)c(Cl)c4)C3(Cl)Cl)ccc2Cl)c1F. The zero-order valence-electron chi connectivity index (χ0n) is 17.5. The van der Waals surface area contributed by atoms with Gasteiger partial charge in [0.05, 0.1) is 16.0 Å². The van der Waals surface area contributed by atoms with Crippen LogP contribution in [0.25, 0.3) is 0 Å². The number of hydrogen-bond acceptors (Lipinski definition) is 3. The van der Waals surface area contributed by atoms with E-state index in [2.05, 4.69) is 21.2 Å². The van der Waals surface area contributed by atoms with Gasteiger partial charge in [0, 0.05) is 28.1 Å². The van der Waals surface area contributed by atoms with Crippen molar-refractivity contribution in [1.29, 1.82) is 0 Å². The Balaban J connectivity index is 1.52. The molecule has 0 bridgehead atoms. The first-order valence-electron chi connectivity index (χ1n) is 10.1. The quantitative estimate of drug-likeness (QED) is 0.169. The number of anilines is 2. The number of nitrogens with one attached hydrogen (secondary N) is 1. The standard InChI is InChI=1S/C24H15BrCl4F2N2O2/c25-14-4-1-10(7-16(14)27)19-20(24(19,28)29)23(35)33-12-3-5-15(26)13(9-12)18(34)8-11-2-6-17(30)22(32)21(11)31/h1-7,9,19-20H,8,32H2,(H,33,35). The number of carbonyl (C=O) groups is 2. The molecule has 2 unspecified atom stereocenters. The molecule has 0 radical (unpaired) electrons. The molecule has 0 saturated heterocycles. The summed E-state index contributed by atoms with van der Waals surface area (Å²) in [7, 11) is 0. The van der Waals surface area contributed by atoms with Crippen LogP contribution in [0.3, 0.4) is 0 Å². The van der Waals surface area contributed by atoms with Crippen molar-refractivity contribution in [2.24, 2.45) is 5.92 Å². The number of Topliss-reactive ketones (excluding diaryl/α,β-unsaturated/α-hetero) is 1. The largest absolute Gasteiger partial charge is 0.394 e. The van der Waals surface area contributed by atoms with Crippen molar-refractivity contribution in [3.8, 4) is 0 Å². The molecule has 1 aliphatic rings. The monoisotopic (exact) mass is 620 g/mol. The Morgan fingerprint density at radius 1 is 1.03 bits per heavy atom. The number of benzene rings is 3. The third kappa shape index (κ3) is 5.16. The van der Waals surface area contributed by atoms with Crippen LogP contribution in [0.5, 0.6) is 0 Å². The van der Waals surface area contributed by atoms with Gasteiger partial charge in [-0.1, -0.05) is 35.3 Å². The molecule has 0 heterocycles. The summed E-state index contributed by atoms with van der Waals surface area (Å²) in [5.74, 6) is -4.19. The first-order valence-corrected chi connectivity index (χ1v) is 12.4. The molecule has 11 heteroatoms. The number of carbonyl (C=O) groups excluding carboxylic acids is 2. The fourth-order valence-corrected chi connectivity index (χ4v) is 5.32. The van der Waals surface area contributed by atoms with Gasteiger partial charge in [0.2, 0.25) is 5.91 Å². The minimum atomic E-state index is -1.34. The lowest BCUT2D eigenvalue weighted by molar-refractivity contribution is -0.117. The van der Waals surface area contributed by atoms with Crippen LogP contribution in [0, 0.1) is 17.6 Å². The number of halogens is 7. The van der Waals surface area contributed by atoms with Gasteiger partial charge < -0.3 is 11.1 Å². The van der Waals surface area contributed by atoms with Crippen molar-refractivity contribution in [3.63, 3.8) is 0 Å². The van der Waals surface area contributed by atoms with Crippen molar-refractivity contribution in [3.05, 3.63) is 91.4 Å². The average molecular weight is 623 g/mol. The number of rotatable bonds is 6. The van der Waals surface area contributed by atoms with Gasteiger partial charge in [-0.15, -0.1) is 23.2 Å². The topological polar surface area (TPSA) is 72.2 Å². The Labute approximate surface area is 227 Å². The summed E-state index contributed by atoms with van der Waals surface area (Å²) in [6.45, 7) is 0. The molecule has 3 aromatic rings. The molecule has 3 N–H and O–H groups in total. The van der Waals surface area contributed by atoms with Crippen molar-refractivity contribution in [2.45, 2.75) is 16.7 Å². The van der Waals surface area contributed by atoms with E-state index in [1.54, 1.807) is 18.2 Å². The van der Waals surface area contributed by atoms with Crippen LogP contribution in [0.2, 0.25) is 10.0 Å². The predicted octanol–water partition coefficient (Wildman–Crippen LogP) is 7.57. The molecule has 1 amide bonds. The van der Waals surface area contributed by atoms with Crippen LogP contribution < -0.4 is 11.1 Å². The minimum absolute atomic E-state index is 0.0433. The second kappa shape index (κ2) is 9.87. The van der Waals surface area contributed by atoms with Gasteiger partial charge in [-0.3, -0.25) is 9.59 Å². The fraction of sp³-hybridized carbons (Fsp3) is 0.167. The van der Waals surface area contributed by atoms with E-state index in [1.165, 1.54) is 18.2 Å². The van der Waals surface area contributed by atoms with Gasteiger partial charge in [0.25, 0.3) is 0 Å². The lowest BCUT2D eigenvalue weighted by atomic mass is 10.0. The number of amides is 1. The molecule has 4 rings (SSSR count). The zero-order chi connectivity index (χ0) is 25.7. The highest BCUT2D eigenvalue weighted by Crippen LogP contribution is 2.65. The number of alkyl halides is 2. The first-order chi connectivity index (χ1) is 16.4. The minimum Gasteiger partial charge on any atom is -0.394 e. The molecule has 1 aliphatic carbocycles. The Hall–Kier alpha value is -1.90. The molecular formula is C24H15BrCl4F2N2O2. The molecular weight excluding hydrogens is 608 g/mol. The molecule has 3 aromatic carbocycles. The Bertz CT molecular complexity index is 1370. The summed E-state index contributed by atoms with van der Waals surface area (Å²) in [5.41, 5.74) is 5.63. The molecule has 0 aromatic heterocycles. The van der Waals surface area contributed by atoms with Crippen LogP contribution in [0.4, 0.5) is 20.2 Å². The van der Waals surface area contributed by atoms with Crippen molar-refractivity contribution in [2.75, 3.05) is 11.1 Å². The summed E-state index contributed by atoms with van der Waals surface area (Å²) in [6, 6.07) is 11.6. The third-order valence-electron chi connectivity index (χ3n) is 5.73. The van der Waals surface area contributed by atoms with E-state index in [1.807, 2.05) is 0 Å². The first kappa shape index (κ1) is 26.2. The van der Waals surface area contributed by atoms with Crippen LogP contribution in [0.1, 0.15) is 27.4 Å². The summed E-state index contributed by atoms with van der Waals surface area (Å²) in [6.07, 6.45) is -0.408. The normalized spacial score (nSPS) is 18.3. The molecule has 1 saturated carbocycles. The van der Waals surface area contributed by atoms with E-state index < -0.39 is 51.6 Å². The van der Waals surface area contributed by atoms with E-state index in [0.717, 1.165) is 12.1 Å². The number of nitrogen functional groups attached to an aromatic ring is 1. The van der Waals surface area contributed by atoms with Gasteiger partial charge >= 0.3 is 0 Å². The van der Waals surface area contributed by atoms with E-state index in [4.69, 9.17) is 52.1 Å². The highest BCUT2D eigenvalue weighted by molar-refractivity contribution is 9.10. The van der Waals surface area contributed by atoms with Gasteiger partial charge in [-0.2, -0.15) is 0 Å². The molecule has 0 spiro atoms. The number of hydrogen-bond donors (Lipinski definition) is 2. The summed E-state index contributed by atoms with van der Waals surface area (Å²) in [5, 5.41) is 3.25. The highest BCUT2D eigenvalue weighted by Gasteiger charge is 2.67. The van der Waals surface area contributed by atoms with Crippen LogP contribution in [-0.4, -0.2) is 16.0 Å². The van der Waals surface area contributed by atoms with Crippen LogP contribution in [-0.2, 0) is 11.2 Å². The van der Waals surface area contributed by atoms with Crippen LogP contribution in [0.15, 0.2) is 53.0 Å². The predicted molar refractivity (Wildman–Crippen MR) is 139 cm³/mol. The maximum absolute atomic E-state index is 14.2. The summed E-state index contributed by atoms with van der Waals surface area (Å²) < 4.78 is 27.0. The van der Waals surface area contributed by atoms with Crippen molar-refractivity contribution < 1.29 is 18.4 Å². The zero-order valence-corrected chi connectivity index (χ0v) is 22.1. The van der Waals surface area contributed by atoms with Gasteiger partial charge in [0.1, 0.15) is 15.8 Å². The third-order valence-corrected chi connectivity index (χ3v) is 8.23. The Morgan fingerprint density at radius 3 is 2.43 bits per heavy atom. The molecule has 182 valence electrons. The van der Waals surface area contributed by atoms with Gasteiger partial charge in [-0.05, 0) is 63.5 Å². The average Bonchev–Trinajstić information content (AvgIpc) is 3.39. The van der Waals surface area contributed by atoms with Gasteiger partial charge in [-0.25, -0.2) is 8.78 Å². The lowest BCUT2D eigenvalue weighted by Crippen LogP contribution is -2.17. The summed E-state index contributed by atoms with van der Waals surface area (Å²) in [4.78, 5) is 25.8. The van der Waals surface area contributed by atoms with Gasteiger partial charge in [0.15, 0.2) is 11.6 Å². The maximum atomic E-state index is 14.2. The highest BCUT2D eigenvalue weighted by atomic mass is 79.9. The second-order valence-electron chi connectivity index (χ2n) is 8.02. The summed E-state index contributed by atoms with van der Waals surface area (Å²) >= 11 is 28.4. The van der Waals surface area contributed by atoms with E-state index in [-0.39, 0.29) is 21.8 Å². The van der Waals surface area contributed by atoms with E-state index in [0.29, 0.717) is 15.1 Å². The lowest BCUT2D eigenvalue weighted by Gasteiger charge is -2.10. The molecule has 4 nitrogen and oxygen atoms in total. The number of nitrogens with two attached hydrogens (primary N) is 1. The Kier molecular flexibility index (Phi) is 7.38. The van der Waals surface area contributed by atoms with Crippen LogP contribution >= 0.6 is 62.3 Å². The van der Waals surface area contributed by atoms with E-state index in [9.17, 15) is 18.4 Å².